The number of aromatic nitrogens is 1. The molecule has 0 unspecified atom stereocenters. The Hall–Kier alpha value is -0.830. The average Bonchev–Trinajstić information content (AvgIpc) is 2.67. The molecule has 0 amide bonds. The highest BCUT2D eigenvalue weighted by atomic mass is 16.5. The third kappa shape index (κ3) is 3.09. The largest absolute Gasteiger partial charge is 0.361 e. The molecule has 0 spiro atoms. The van der Waals surface area contributed by atoms with Gasteiger partial charge in [0.2, 0.25) is 0 Å². The van der Waals surface area contributed by atoms with Crippen LogP contribution in [-0.4, -0.2) is 11.2 Å². The van der Waals surface area contributed by atoms with Gasteiger partial charge in [-0.2, -0.15) is 0 Å². The lowest BCUT2D eigenvalue weighted by molar-refractivity contribution is 0.280. The van der Waals surface area contributed by atoms with Crippen LogP contribution in [0.5, 0.6) is 0 Å². The van der Waals surface area contributed by atoms with Gasteiger partial charge in [0, 0.05) is 18.2 Å². The first-order chi connectivity index (χ1) is 8.18. The minimum Gasteiger partial charge on any atom is -0.361 e. The van der Waals surface area contributed by atoms with Crippen LogP contribution in [0, 0.1) is 19.8 Å². The molecule has 0 bridgehead atoms. The lowest BCUT2D eigenvalue weighted by atomic mass is 9.84. The van der Waals surface area contributed by atoms with Crippen LogP contribution in [0.4, 0.5) is 0 Å². The van der Waals surface area contributed by atoms with Crippen molar-refractivity contribution in [2.24, 2.45) is 5.92 Å². The first kappa shape index (κ1) is 12.6. The molecule has 1 aromatic heterocycles. The molecule has 0 aromatic carbocycles. The van der Waals surface area contributed by atoms with Crippen LogP contribution in [0.15, 0.2) is 4.52 Å². The Morgan fingerprint density at radius 2 is 2.00 bits per heavy atom. The Morgan fingerprint density at radius 3 is 2.59 bits per heavy atom. The molecule has 17 heavy (non-hydrogen) atoms. The monoisotopic (exact) mass is 236 g/mol. The fourth-order valence-electron chi connectivity index (χ4n) is 2.82. The maximum atomic E-state index is 5.18. The van der Waals surface area contributed by atoms with E-state index in [0.717, 1.165) is 23.9 Å². The van der Waals surface area contributed by atoms with Gasteiger partial charge >= 0.3 is 0 Å². The van der Waals surface area contributed by atoms with E-state index in [1.54, 1.807) is 0 Å². The van der Waals surface area contributed by atoms with E-state index in [0.29, 0.717) is 6.04 Å². The van der Waals surface area contributed by atoms with E-state index in [1.807, 2.05) is 13.8 Å². The summed E-state index contributed by atoms with van der Waals surface area (Å²) in [5.74, 6) is 1.80. The molecule has 1 N–H and O–H groups in total. The molecular formula is C14H24N2O. The topological polar surface area (TPSA) is 38.1 Å². The second-order valence-electron chi connectivity index (χ2n) is 5.37. The van der Waals surface area contributed by atoms with Crippen molar-refractivity contribution in [3.8, 4) is 0 Å². The molecular weight excluding hydrogens is 212 g/mol. The normalized spacial score (nSPS) is 19.5. The molecule has 1 aliphatic rings. The highest BCUT2D eigenvalue weighted by Crippen LogP contribution is 2.26. The van der Waals surface area contributed by atoms with Gasteiger partial charge in [0.15, 0.2) is 0 Å². The molecule has 1 aliphatic carbocycles. The lowest BCUT2D eigenvalue weighted by Gasteiger charge is -2.28. The van der Waals surface area contributed by atoms with Crippen molar-refractivity contribution in [1.29, 1.82) is 0 Å². The number of nitrogens with zero attached hydrogens (tertiary/aromatic N) is 1. The van der Waals surface area contributed by atoms with E-state index < -0.39 is 0 Å². The van der Waals surface area contributed by atoms with E-state index in [1.165, 1.54) is 37.7 Å². The summed E-state index contributed by atoms with van der Waals surface area (Å²) in [5, 5.41) is 7.63. The summed E-state index contributed by atoms with van der Waals surface area (Å²) in [4.78, 5) is 0. The van der Waals surface area contributed by atoms with Gasteiger partial charge in [-0.05, 0) is 39.5 Å². The Labute approximate surface area is 104 Å². The predicted molar refractivity (Wildman–Crippen MR) is 68.9 cm³/mol. The minimum atomic E-state index is 0.601. The van der Waals surface area contributed by atoms with Gasteiger partial charge in [0.25, 0.3) is 0 Å². The second-order valence-corrected chi connectivity index (χ2v) is 5.37. The highest BCUT2D eigenvalue weighted by Gasteiger charge is 2.20. The van der Waals surface area contributed by atoms with Crippen molar-refractivity contribution in [1.82, 2.24) is 10.5 Å². The third-order valence-corrected chi connectivity index (χ3v) is 4.14. The zero-order valence-electron chi connectivity index (χ0n) is 11.3. The number of aryl methyl sites for hydroxylation is 2. The zero-order valence-corrected chi connectivity index (χ0v) is 11.3. The fourth-order valence-corrected chi connectivity index (χ4v) is 2.82. The summed E-state index contributed by atoms with van der Waals surface area (Å²) in [6, 6.07) is 0.601. The molecule has 1 atom stereocenters. The standard InChI is InChI=1S/C14H24N2O/c1-10(13-7-5-4-6-8-13)15-9-14-11(2)16-17-12(14)3/h10,13,15H,4-9H2,1-3H3/t10-/m1/s1. The van der Waals surface area contributed by atoms with Crippen LogP contribution >= 0.6 is 0 Å². The maximum Gasteiger partial charge on any atom is 0.138 e. The minimum absolute atomic E-state index is 0.601. The fraction of sp³-hybridized carbons (Fsp3) is 0.786. The molecule has 3 heteroatoms. The van der Waals surface area contributed by atoms with E-state index in [2.05, 4.69) is 17.4 Å². The molecule has 1 fully saturated rings. The highest BCUT2D eigenvalue weighted by molar-refractivity contribution is 5.20. The molecule has 1 heterocycles. The first-order valence-corrected chi connectivity index (χ1v) is 6.83. The summed E-state index contributed by atoms with van der Waals surface area (Å²) in [5.41, 5.74) is 2.25. The van der Waals surface area contributed by atoms with Crippen LogP contribution in [0.25, 0.3) is 0 Å². The van der Waals surface area contributed by atoms with Gasteiger partial charge < -0.3 is 9.84 Å². The second kappa shape index (κ2) is 5.67. The van der Waals surface area contributed by atoms with Gasteiger partial charge in [-0.25, -0.2) is 0 Å². The number of hydrogen-bond donors (Lipinski definition) is 1. The van der Waals surface area contributed by atoms with Gasteiger partial charge in [-0.3, -0.25) is 0 Å². The Bertz CT molecular complexity index is 334. The summed E-state index contributed by atoms with van der Waals surface area (Å²) >= 11 is 0. The molecule has 3 nitrogen and oxygen atoms in total. The van der Waals surface area contributed by atoms with Crippen LogP contribution in [0.1, 0.15) is 56.0 Å². The van der Waals surface area contributed by atoms with Crippen molar-refractivity contribution in [2.75, 3.05) is 0 Å². The lowest BCUT2D eigenvalue weighted by Crippen LogP contribution is -2.34. The Balaban J connectivity index is 1.85. The summed E-state index contributed by atoms with van der Waals surface area (Å²) in [7, 11) is 0. The van der Waals surface area contributed by atoms with Gasteiger partial charge in [0.05, 0.1) is 5.69 Å². The average molecular weight is 236 g/mol. The van der Waals surface area contributed by atoms with Crippen LogP contribution < -0.4 is 5.32 Å². The van der Waals surface area contributed by atoms with Crippen molar-refractivity contribution in [2.45, 2.75) is 65.5 Å². The molecule has 0 aliphatic heterocycles. The SMILES string of the molecule is Cc1noc(C)c1CN[C@H](C)C1CCCCC1. The Morgan fingerprint density at radius 1 is 1.29 bits per heavy atom. The molecule has 1 aromatic rings. The summed E-state index contributed by atoms with van der Waals surface area (Å²) in [6.45, 7) is 7.20. The van der Waals surface area contributed by atoms with Crippen LogP contribution in [-0.2, 0) is 6.54 Å². The van der Waals surface area contributed by atoms with E-state index >= 15 is 0 Å². The smallest absolute Gasteiger partial charge is 0.138 e. The van der Waals surface area contributed by atoms with E-state index in [9.17, 15) is 0 Å². The first-order valence-electron chi connectivity index (χ1n) is 6.83. The van der Waals surface area contributed by atoms with E-state index in [4.69, 9.17) is 4.52 Å². The quantitative estimate of drug-likeness (QED) is 0.871. The number of hydrogen-bond acceptors (Lipinski definition) is 3. The summed E-state index contributed by atoms with van der Waals surface area (Å²) in [6.07, 6.45) is 7.00. The Kier molecular flexibility index (Phi) is 4.21. The molecule has 0 saturated heterocycles. The van der Waals surface area contributed by atoms with Gasteiger partial charge in [-0.1, -0.05) is 24.4 Å². The van der Waals surface area contributed by atoms with Gasteiger partial charge in [-0.15, -0.1) is 0 Å². The van der Waals surface area contributed by atoms with Crippen molar-refractivity contribution in [3.63, 3.8) is 0 Å². The maximum absolute atomic E-state index is 5.18. The molecule has 2 rings (SSSR count). The predicted octanol–water partition coefficient (Wildman–Crippen LogP) is 3.35. The van der Waals surface area contributed by atoms with Crippen LogP contribution in [0.3, 0.4) is 0 Å². The number of rotatable bonds is 4. The van der Waals surface area contributed by atoms with E-state index in [-0.39, 0.29) is 0 Å². The third-order valence-electron chi connectivity index (χ3n) is 4.14. The van der Waals surface area contributed by atoms with Crippen molar-refractivity contribution >= 4 is 0 Å². The van der Waals surface area contributed by atoms with Crippen molar-refractivity contribution in [3.05, 3.63) is 17.0 Å². The van der Waals surface area contributed by atoms with Gasteiger partial charge in [0.1, 0.15) is 5.76 Å². The molecule has 0 radical (unpaired) electrons. The molecule has 1 saturated carbocycles. The summed E-state index contributed by atoms with van der Waals surface area (Å²) < 4.78 is 5.18. The molecule has 96 valence electrons. The van der Waals surface area contributed by atoms with Crippen molar-refractivity contribution < 1.29 is 4.52 Å². The zero-order chi connectivity index (χ0) is 12.3. The van der Waals surface area contributed by atoms with Crippen LogP contribution in [0.2, 0.25) is 0 Å². The number of nitrogens with one attached hydrogen (secondary N) is 1.